The van der Waals surface area contributed by atoms with Gasteiger partial charge in [-0.3, -0.25) is 0 Å². The van der Waals surface area contributed by atoms with E-state index in [1.165, 1.54) is 0 Å². The zero-order valence-electron chi connectivity index (χ0n) is 7.65. The molecule has 0 amide bonds. The Labute approximate surface area is 77.7 Å². The Bertz CT molecular complexity index is 273. The first-order valence-corrected chi connectivity index (χ1v) is 4.30. The molecule has 1 aromatic rings. The normalized spacial score (nSPS) is 12.1. The molecule has 1 aromatic heterocycles. The van der Waals surface area contributed by atoms with Gasteiger partial charge in [-0.2, -0.15) is 0 Å². The summed E-state index contributed by atoms with van der Waals surface area (Å²) in [5.74, 6) is 0.833. The predicted octanol–water partition coefficient (Wildman–Crippen LogP) is 2.52. The summed E-state index contributed by atoms with van der Waals surface area (Å²) in [4.78, 5) is 0. The van der Waals surface area contributed by atoms with Crippen molar-refractivity contribution in [3.05, 3.63) is 22.6 Å². The molecule has 0 radical (unpaired) electrons. The Balaban J connectivity index is 2.82. The van der Waals surface area contributed by atoms with Crippen LogP contribution in [0.3, 0.4) is 0 Å². The van der Waals surface area contributed by atoms with E-state index in [-0.39, 0.29) is 5.54 Å². The maximum atomic E-state index is 5.85. The second-order valence-electron chi connectivity index (χ2n) is 3.82. The number of aryl methyl sites for hydroxylation is 1. The van der Waals surface area contributed by atoms with Gasteiger partial charge < -0.3 is 10.2 Å². The molecule has 0 atom stereocenters. The Morgan fingerprint density at radius 3 is 2.50 bits per heavy atom. The van der Waals surface area contributed by atoms with Gasteiger partial charge in [-0.1, -0.05) is 0 Å². The van der Waals surface area contributed by atoms with E-state index in [9.17, 15) is 0 Å². The fourth-order valence-corrected chi connectivity index (χ4v) is 1.39. The van der Waals surface area contributed by atoms with Gasteiger partial charge in [-0.15, -0.1) is 0 Å². The third kappa shape index (κ3) is 2.54. The van der Waals surface area contributed by atoms with Crippen LogP contribution in [-0.4, -0.2) is 5.54 Å². The highest BCUT2D eigenvalue weighted by Crippen LogP contribution is 2.23. The van der Waals surface area contributed by atoms with Crippen LogP contribution in [0.5, 0.6) is 0 Å². The zero-order valence-corrected chi connectivity index (χ0v) is 8.40. The summed E-state index contributed by atoms with van der Waals surface area (Å²) in [5, 5.41) is 0.464. The SMILES string of the molecule is Cc1cc(CC(C)(C)N)c(Cl)o1. The number of furan rings is 1. The van der Waals surface area contributed by atoms with Crippen LogP contribution >= 0.6 is 11.6 Å². The molecule has 0 aliphatic heterocycles. The van der Waals surface area contributed by atoms with E-state index < -0.39 is 0 Å². The molecule has 1 rings (SSSR count). The average molecular weight is 188 g/mol. The summed E-state index contributed by atoms with van der Waals surface area (Å²) in [6, 6.07) is 1.93. The molecule has 0 aliphatic carbocycles. The van der Waals surface area contributed by atoms with Gasteiger partial charge in [-0.05, 0) is 44.9 Å². The molecule has 12 heavy (non-hydrogen) atoms. The standard InChI is InChI=1S/C9H14ClNO/c1-6-4-7(8(10)12-6)5-9(2,3)11/h4H,5,11H2,1-3H3. The topological polar surface area (TPSA) is 39.2 Å². The first kappa shape index (κ1) is 9.62. The molecule has 0 bridgehead atoms. The first-order valence-electron chi connectivity index (χ1n) is 3.92. The van der Waals surface area contributed by atoms with Crippen molar-refractivity contribution >= 4 is 11.6 Å². The lowest BCUT2D eigenvalue weighted by molar-refractivity contribution is 0.502. The van der Waals surface area contributed by atoms with Gasteiger partial charge in [-0.25, -0.2) is 0 Å². The van der Waals surface area contributed by atoms with Crippen LogP contribution in [0.4, 0.5) is 0 Å². The maximum absolute atomic E-state index is 5.85. The van der Waals surface area contributed by atoms with Crippen LogP contribution in [-0.2, 0) is 6.42 Å². The molecule has 0 unspecified atom stereocenters. The van der Waals surface area contributed by atoms with Gasteiger partial charge in [0, 0.05) is 11.1 Å². The molecule has 68 valence electrons. The number of hydrogen-bond donors (Lipinski definition) is 1. The minimum Gasteiger partial charge on any atom is -0.450 e. The van der Waals surface area contributed by atoms with Crippen molar-refractivity contribution in [2.75, 3.05) is 0 Å². The number of hydrogen-bond acceptors (Lipinski definition) is 2. The second-order valence-corrected chi connectivity index (χ2v) is 4.16. The predicted molar refractivity (Wildman–Crippen MR) is 50.4 cm³/mol. The van der Waals surface area contributed by atoms with E-state index in [1.807, 2.05) is 26.8 Å². The van der Waals surface area contributed by atoms with Crippen molar-refractivity contribution in [1.82, 2.24) is 0 Å². The molecule has 0 aliphatic rings. The highest BCUT2D eigenvalue weighted by atomic mass is 35.5. The fourth-order valence-electron chi connectivity index (χ4n) is 1.15. The lowest BCUT2D eigenvalue weighted by Crippen LogP contribution is -2.34. The van der Waals surface area contributed by atoms with Crippen LogP contribution in [0.15, 0.2) is 10.5 Å². The lowest BCUT2D eigenvalue weighted by Gasteiger charge is -2.16. The number of halogens is 1. The molecule has 0 spiro atoms. The van der Waals surface area contributed by atoms with Crippen molar-refractivity contribution in [1.29, 1.82) is 0 Å². The number of nitrogens with two attached hydrogens (primary N) is 1. The molecule has 0 saturated carbocycles. The van der Waals surface area contributed by atoms with Crippen molar-refractivity contribution in [2.45, 2.75) is 32.7 Å². The van der Waals surface area contributed by atoms with E-state index in [0.29, 0.717) is 5.22 Å². The molecule has 1 heterocycles. The van der Waals surface area contributed by atoms with Crippen molar-refractivity contribution in [3.8, 4) is 0 Å². The molecule has 2 nitrogen and oxygen atoms in total. The Hall–Kier alpha value is -0.470. The molecular weight excluding hydrogens is 174 g/mol. The van der Waals surface area contributed by atoms with Crippen molar-refractivity contribution in [3.63, 3.8) is 0 Å². The largest absolute Gasteiger partial charge is 0.450 e. The van der Waals surface area contributed by atoms with Crippen LogP contribution in [0.2, 0.25) is 5.22 Å². The summed E-state index contributed by atoms with van der Waals surface area (Å²) in [6.07, 6.45) is 0.739. The third-order valence-corrected chi connectivity index (χ3v) is 1.85. The second kappa shape index (κ2) is 3.11. The summed E-state index contributed by atoms with van der Waals surface area (Å²) in [6.45, 7) is 5.80. The van der Waals surface area contributed by atoms with Crippen molar-refractivity contribution < 1.29 is 4.42 Å². The van der Waals surface area contributed by atoms with Gasteiger partial charge in [0.2, 0.25) is 0 Å². The Morgan fingerprint density at radius 2 is 2.17 bits per heavy atom. The molecule has 2 N–H and O–H groups in total. The summed E-state index contributed by atoms with van der Waals surface area (Å²) >= 11 is 5.83. The minimum absolute atomic E-state index is 0.236. The van der Waals surface area contributed by atoms with Crippen LogP contribution in [0.1, 0.15) is 25.2 Å². The summed E-state index contributed by atoms with van der Waals surface area (Å²) in [5.41, 5.74) is 6.60. The van der Waals surface area contributed by atoms with Gasteiger partial charge >= 0.3 is 0 Å². The molecule has 0 aromatic carbocycles. The molecule has 3 heteroatoms. The molecular formula is C9H14ClNO. The third-order valence-electron chi connectivity index (χ3n) is 1.53. The van der Waals surface area contributed by atoms with Gasteiger partial charge in [0.15, 0.2) is 5.22 Å². The van der Waals surface area contributed by atoms with Crippen LogP contribution < -0.4 is 5.73 Å². The first-order chi connectivity index (χ1) is 5.38. The van der Waals surface area contributed by atoms with E-state index in [2.05, 4.69) is 0 Å². The van der Waals surface area contributed by atoms with Crippen LogP contribution in [0.25, 0.3) is 0 Å². The van der Waals surface area contributed by atoms with Gasteiger partial charge in [0.05, 0.1) is 0 Å². The fraction of sp³-hybridized carbons (Fsp3) is 0.556. The Morgan fingerprint density at radius 1 is 1.58 bits per heavy atom. The van der Waals surface area contributed by atoms with Gasteiger partial charge in [0.1, 0.15) is 5.76 Å². The van der Waals surface area contributed by atoms with E-state index in [4.69, 9.17) is 21.8 Å². The van der Waals surface area contributed by atoms with Gasteiger partial charge in [0.25, 0.3) is 0 Å². The smallest absolute Gasteiger partial charge is 0.196 e. The van der Waals surface area contributed by atoms with E-state index in [1.54, 1.807) is 0 Å². The van der Waals surface area contributed by atoms with E-state index >= 15 is 0 Å². The lowest BCUT2D eigenvalue weighted by atomic mass is 9.98. The van der Waals surface area contributed by atoms with Crippen LogP contribution in [0, 0.1) is 6.92 Å². The summed E-state index contributed by atoms with van der Waals surface area (Å²) in [7, 11) is 0. The van der Waals surface area contributed by atoms with E-state index in [0.717, 1.165) is 17.7 Å². The summed E-state index contributed by atoms with van der Waals surface area (Å²) < 4.78 is 5.17. The monoisotopic (exact) mass is 187 g/mol. The average Bonchev–Trinajstić information content (AvgIpc) is 2.06. The minimum atomic E-state index is -0.236. The Kier molecular flexibility index (Phi) is 2.49. The molecule has 0 saturated heterocycles. The number of rotatable bonds is 2. The highest BCUT2D eigenvalue weighted by molar-refractivity contribution is 6.29. The highest BCUT2D eigenvalue weighted by Gasteiger charge is 2.16. The maximum Gasteiger partial charge on any atom is 0.196 e. The van der Waals surface area contributed by atoms with Crippen molar-refractivity contribution in [2.24, 2.45) is 5.73 Å². The quantitative estimate of drug-likeness (QED) is 0.773. The zero-order chi connectivity index (χ0) is 9.35. The molecule has 0 fully saturated rings.